The predicted molar refractivity (Wildman–Crippen MR) is 51.6 cm³/mol. The molecule has 1 aromatic carbocycles. The van der Waals surface area contributed by atoms with Gasteiger partial charge < -0.3 is 4.74 Å². The summed E-state index contributed by atoms with van der Waals surface area (Å²) in [5.74, 6) is -1.88. The minimum atomic E-state index is -0.748. The van der Waals surface area contributed by atoms with E-state index in [1.54, 1.807) is 0 Å². The first kappa shape index (κ1) is 10.8. The van der Waals surface area contributed by atoms with Crippen LogP contribution in [0, 0.1) is 11.6 Å². The maximum atomic E-state index is 13.1. The number of aliphatic imine (C=N–C) groups is 1. The summed E-state index contributed by atoms with van der Waals surface area (Å²) in [5.41, 5.74) is 0.387. The van der Waals surface area contributed by atoms with Crippen molar-refractivity contribution < 1.29 is 13.5 Å². The lowest BCUT2D eigenvalue weighted by atomic mass is 10.2. The Kier molecular flexibility index (Phi) is 3.68. The molecule has 0 fully saturated rings. The number of methoxy groups -OCH3 is 1. The highest BCUT2D eigenvalue weighted by atomic mass is 32.1. The maximum Gasteiger partial charge on any atom is 0.190 e. The van der Waals surface area contributed by atoms with Gasteiger partial charge in [-0.1, -0.05) is 0 Å². The van der Waals surface area contributed by atoms with Crippen LogP contribution in [0.15, 0.2) is 17.1 Å². The Morgan fingerprint density at radius 1 is 1.43 bits per heavy atom. The van der Waals surface area contributed by atoms with E-state index in [2.05, 4.69) is 27.1 Å². The number of benzene rings is 1. The highest BCUT2D eigenvalue weighted by molar-refractivity contribution is 7.78. The van der Waals surface area contributed by atoms with Gasteiger partial charge in [-0.15, -0.1) is 0 Å². The molecular formula is C9H7F2NOS. The van der Waals surface area contributed by atoms with Gasteiger partial charge >= 0.3 is 0 Å². The van der Waals surface area contributed by atoms with Crippen molar-refractivity contribution in [3.05, 3.63) is 29.3 Å². The molecule has 5 heteroatoms. The molecule has 14 heavy (non-hydrogen) atoms. The molecule has 0 aliphatic rings. The van der Waals surface area contributed by atoms with Crippen molar-refractivity contribution in [2.75, 3.05) is 7.11 Å². The van der Waals surface area contributed by atoms with E-state index in [0.29, 0.717) is 5.56 Å². The lowest BCUT2D eigenvalue weighted by molar-refractivity contribution is 0.359. The molecule has 0 N–H and O–H groups in total. The summed E-state index contributed by atoms with van der Waals surface area (Å²) in [5, 5.41) is 2.12. The summed E-state index contributed by atoms with van der Waals surface area (Å²) in [6.07, 6.45) is 0. The molecule has 0 atom stereocenters. The number of rotatable bonds is 3. The molecule has 0 unspecified atom stereocenters. The van der Waals surface area contributed by atoms with E-state index in [9.17, 15) is 8.78 Å². The highest BCUT2D eigenvalue weighted by Crippen LogP contribution is 2.22. The van der Waals surface area contributed by atoms with Gasteiger partial charge in [-0.25, -0.2) is 13.8 Å². The van der Waals surface area contributed by atoms with Gasteiger partial charge in [0.1, 0.15) is 0 Å². The van der Waals surface area contributed by atoms with E-state index < -0.39 is 11.6 Å². The van der Waals surface area contributed by atoms with Gasteiger partial charge in [-0.3, -0.25) is 0 Å². The molecule has 1 rings (SSSR count). The fourth-order valence-electron chi connectivity index (χ4n) is 1.02. The van der Waals surface area contributed by atoms with E-state index in [4.69, 9.17) is 0 Å². The molecule has 0 spiro atoms. The largest absolute Gasteiger partial charge is 0.491 e. The topological polar surface area (TPSA) is 21.6 Å². The maximum absolute atomic E-state index is 13.1. The second-order valence-electron chi connectivity index (χ2n) is 2.50. The van der Waals surface area contributed by atoms with Crippen molar-refractivity contribution in [3.8, 4) is 5.75 Å². The van der Waals surface area contributed by atoms with E-state index in [1.165, 1.54) is 7.11 Å². The lowest BCUT2D eigenvalue weighted by Gasteiger charge is -2.04. The minimum absolute atomic E-state index is 0.112. The van der Waals surface area contributed by atoms with Crippen molar-refractivity contribution in [3.63, 3.8) is 0 Å². The molecule has 0 heterocycles. The Morgan fingerprint density at radius 2 is 2.00 bits per heavy atom. The minimum Gasteiger partial charge on any atom is -0.491 e. The Labute approximate surface area is 85.2 Å². The third-order valence-electron chi connectivity index (χ3n) is 1.59. The van der Waals surface area contributed by atoms with E-state index in [1.807, 2.05) is 0 Å². The average Bonchev–Trinajstić information content (AvgIpc) is 2.14. The van der Waals surface area contributed by atoms with Crippen LogP contribution in [-0.2, 0) is 6.54 Å². The standard InChI is InChI=1S/C9H7F2NOS/c1-13-9-7(10)2-6(3-8(9)11)4-12-5-14/h2-3H,4H2,1H3. The molecule has 0 saturated carbocycles. The summed E-state index contributed by atoms with van der Waals surface area (Å²) in [6, 6.07) is 2.30. The van der Waals surface area contributed by atoms with E-state index >= 15 is 0 Å². The Balaban J connectivity index is 3.07. The van der Waals surface area contributed by atoms with Crippen molar-refractivity contribution >= 4 is 17.4 Å². The van der Waals surface area contributed by atoms with Gasteiger partial charge in [0.15, 0.2) is 17.4 Å². The van der Waals surface area contributed by atoms with Crippen LogP contribution in [0.4, 0.5) is 8.78 Å². The van der Waals surface area contributed by atoms with Gasteiger partial charge in [0.2, 0.25) is 0 Å². The van der Waals surface area contributed by atoms with E-state index in [0.717, 1.165) is 12.1 Å². The SMILES string of the molecule is COc1c(F)cc(CN=C=S)cc1F. The lowest BCUT2D eigenvalue weighted by Crippen LogP contribution is -1.95. The Hall–Kier alpha value is -1.32. The van der Waals surface area contributed by atoms with Crippen LogP contribution < -0.4 is 4.74 Å². The number of hydrogen-bond donors (Lipinski definition) is 0. The molecule has 0 amide bonds. The Bertz CT molecular complexity index is 365. The fraction of sp³-hybridized carbons (Fsp3) is 0.222. The average molecular weight is 215 g/mol. The van der Waals surface area contributed by atoms with Crippen molar-refractivity contribution in [1.82, 2.24) is 0 Å². The zero-order chi connectivity index (χ0) is 10.6. The zero-order valence-electron chi connectivity index (χ0n) is 7.38. The Morgan fingerprint density at radius 3 is 2.43 bits per heavy atom. The van der Waals surface area contributed by atoms with Crippen LogP contribution in [0.5, 0.6) is 5.75 Å². The van der Waals surface area contributed by atoms with Crippen molar-refractivity contribution in [1.29, 1.82) is 0 Å². The molecular weight excluding hydrogens is 208 g/mol. The fourth-order valence-corrected chi connectivity index (χ4v) is 1.09. The highest BCUT2D eigenvalue weighted by Gasteiger charge is 2.10. The number of thiocarbonyl (C=S) groups is 1. The third-order valence-corrected chi connectivity index (χ3v) is 1.72. The predicted octanol–water partition coefficient (Wildman–Crippen LogP) is 2.58. The van der Waals surface area contributed by atoms with Gasteiger partial charge in [-0.05, 0) is 29.9 Å². The molecule has 2 nitrogen and oxygen atoms in total. The molecule has 0 radical (unpaired) electrons. The third kappa shape index (κ3) is 2.34. The number of isothiocyanates is 1. The smallest absolute Gasteiger partial charge is 0.190 e. The number of halogens is 2. The second-order valence-corrected chi connectivity index (χ2v) is 2.68. The first-order chi connectivity index (χ1) is 6.69. The molecule has 1 aromatic rings. The monoisotopic (exact) mass is 215 g/mol. The quantitative estimate of drug-likeness (QED) is 0.571. The molecule has 0 aliphatic carbocycles. The van der Waals surface area contributed by atoms with Crippen LogP contribution in [0.1, 0.15) is 5.56 Å². The normalized spacial score (nSPS) is 9.36. The molecule has 0 saturated heterocycles. The number of nitrogens with zero attached hydrogens (tertiary/aromatic N) is 1. The van der Waals surface area contributed by atoms with Gasteiger partial charge in [0, 0.05) is 0 Å². The number of hydrogen-bond acceptors (Lipinski definition) is 3. The second kappa shape index (κ2) is 4.79. The van der Waals surface area contributed by atoms with Crippen LogP contribution in [0.25, 0.3) is 0 Å². The van der Waals surface area contributed by atoms with Crippen molar-refractivity contribution in [2.24, 2.45) is 4.99 Å². The van der Waals surface area contributed by atoms with Gasteiger partial charge in [-0.2, -0.15) is 0 Å². The molecule has 0 bridgehead atoms. The van der Waals surface area contributed by atoms with Crippen LogP contribution in [0.3, 0.4) is 0 Å². The van der Waals surface area contributed by atoms with Crippen LogP contribution >= 0.6 is 12.2 Å². The van der Waals surface area contributed by atoms with Crippen LogP contribution in [0.2, 0.25) is 0 Å². The van der Waals surface area contributed by atoms with E-state index in [-0.39, 0.29) is 12.3 Å². The molecule has 74 valence electrons. The molecule has 0 aliphatic heterocycles. The summed E-state index contributed by atoms with van der Waals surface area (Å²) in [7, 11) is 1.20. The van der Waals surface area contributed by atoms with Crippen LogP contribution in [-0.4, -0.2) is 12.3 Å². The molecule has 0 aromatic heterocycles. The summed E-state index contributed by atoms with van der Waals surface area (Å²) >= 11 is 4.34. The first-order valence-corrected chi connectivity index (χ1v) is 4.15. The van der Waals surface area contributed by atoms with Gasteiger partial charge in [0.25, 0.3) is 0 Å². The summed E-state index contributed by atoms with van der Waals surface area (Å²) in [4.78, 5) is 3.57. The summed E-state index contributed by atoms with van der Waals surface area (Å²) < 4.78 is 30.7. The zero-order valence-corrected chi connectivity index (χ0v) is 8.20. The number of ether oxygens (including phenoxy) is 1. The van der Waals surface area contributed by atoms with Crippen molar-refractivity contribution in [2.45, 2.75) is 6.54 Å². The van der Waals surface area contributed by atoms with Gasteiger partial charge in [0.05, 0.1) is 18.8 Å². The summed E-state index contributed by atoms with van der Waals surface area (Å²) in [6.45, 7) is 0.112. The first-order valence-electron chi connectivity index (χ1n) is 3.74.